The van der Waals surface area contributed by atoms with Gasteiger partial charge in [-0.25, -0.2) is 4.39 Å². The van der Waals surface area contributed by atoms with Crippen LogP contribution in [0.4, 0.5) is 10.1 Å². The monoisotopic (exact) mass is 266 g/mol. The van der Waals surface area contributed by atoms with Crippen LogP contribution in [0.2, 0.25) is 0 Å². The number of hydrogen-bond acceptors (Lipinski definition) is 2. The molecule has 0 radical (unpaired) electrons. The Labute approximate surface area is 117 Å². The van der Waals surface area contributed by atoms with Crippen LogP contribution in [0.15, 0.2) is 18.2 Å². The van der Waals surface area contributed by atoms with E-state index in [0.29, 0.717) is 5.92 Å². The average Bonchev–Trinajstić information content (AvgIpc) is 2.35. The molecule has 0 aliphatic rings. The zero-order chi connectivity index (χ0) is 14.4. The standard InChI is InChI=1S/C16H27FN2/c1-6-18-13(5)16-14(17)9-8-10-15(16)19(7-2)11-12(3)4/h8-10,12-13,18H,6-7,11H2,1-5H3. The van der Waals surface area contributed by atoms with Gasteiger partial charge in [0.15, 0.2) is 0 Å². The predicted octanol–water partition coefficient (Wildman–Crippen LogP) is 3.98. The minimum absolute atomic E-state index is 0.0300. The van der Waals surface area contributed by atoms with E-state index in [4.69, 9.17) is 0 Å². The molecule has 108 valence electrons. The molecule has 0 fully saturated rings. The Bertz CT molecular complexity index is 390. The molecule has 19 heavy (non-hydrogen) atoms. The molecule has 0 saturated heterocycles. The summed E-state index contributed by atoms with van der Waals surface area (Å²) in [6.45, 7) is 13.3. The first kappa shape index (κ1) is 16.0. The molecule has 1 atom stereocenters. The maximum Gasteiger partial charge on any atom is 0.130 e. The second kappa shape index (κ2) is 7.49. The van der Waals surface area contributed by atoms with Crippen LogP contribution in [0.25, 0.3) is 0 Å². The molecule has 0 aliphatic heterocycles. The lowest BCUT2D eigenvalue weighted by molar-refractivity contribution is 0.535. The van der Waals surface area contributed by atoms with Crippen LogP contribution in [0.1, 0.15) is 46.2 Å². The summed E-state index contributed by atoms with van der Waals surface area (Å²) in [4.78, 5) is 2.26. The summed E-state index contributed by atoms with van der Waals surface area (Å²) in [6, 6.07) is 5.41. The zero-order valence-electron chi connectivity index (χ0n) is 12.8. The fourth-order valence-corrected chi connectivity index (χ4v) is 2.48. The van der Waals surface area contributed by atoms with Gasteiger partial charge in [0.05, 0.1) is 0 Å². The Morgan fingerprint density at radius 1 is 1.21 bits per heavy atom. The van der Waals surface area contributed by atoms with Gasteiger partial charge >= 0.3 is 0 Å². The van der Waals surface area contributed by atoms with Crippen LogP contribution in [-0.4, -0.2) is 19.6 Å². The van der Waals surface area contributed by atoms with Crippen molar-refractivity contribution in [1.29, 1.82) is 0 Å². The lowest BCUT2D eigenvalue weighted by Crippen LogP contribution is -2.30. The maximum atomic E-state index is 14.2. The van der Waals surface area contributed by atoms with Gasteiger partial charge in [-0.2, -0.15) is 0 Å². The van der Waals surface area contributed by atoms with Crippen molar-refractivity contribution in [2.24, 2.45) is 5.92 Å². The summed E-state index contributed by atoms with van der Waals surface area (Å²) in [5.41, 5.74) is 1.80. The van der Waals surface area contributed by atoms with Crippen LogP contribution in [0.3, 0.4) is 0 Å². The van der Waals surface area contributed by atoms with Crippen LogP contribution < -0.4 is 10.2 Å². The molecule has 0 amide bonds. The first-order valence-electron chi connectivity index (χ1n) is 7.27. The maximum absolute atomic E-state index is 14.2. The van der Waals surface area contributed by atoms with E-state index in [1.165, 1.54) is 0 Å². The number of anilines is 1. The van der Waals surface area contributed by atoms with Crippen molar-refractivity contribution < 1.29 is 4.39 Å². The van der Waals surface area contributed by atoms with Gasteiger partial charge in [0.1, 0.15) is 5.82 Å². The Morgan fingerprint density at radius 2 is 1.89 bits per heavy atom. The van der Waals surface area contributed by atoms with Crippen molar-refractivity contribution in [2.45, 2.75) is 40.7 Å². The van der Waals surface area contributed by atoms with Gasteiger partial charge in [0.2, 0.25) is 0 Å². The molecule has 1 aromatic carbocycles. The highest BCUT2D eigenvalue weighted by Crippen LogP contribution is 2.29. The summed E-state index contributed by atoms with van der Waals surface area (Å²) in [5, 5.41) is 3.31. The number of hydrogen-bond donors (Lipinski definition) is 1. The van der Waals surface area contributed by atoms with E-state index in [1.807, 2.05) is 19.9 Å². The summed E-state index contributed by atoms with van der Waals surface area (Å²) < 4.78 is 14.2. The number of halogens is 1. The van der Waals surface area contributed by atoms with Crippen molar-refractivity contribution in [1.82, 2.24) is 5.32 Å². The van der Waals surface area contributed by atoms with E-state index < -0.39 is 0 Å². The minimum Gasteiger partial charge on any atom is -0.371 e. The molecule has 1 N–H and O–H groups in total. The van der Waals surface area contributed by atoms with Crippen molar-refractivity contribution in [3.8, 4) is 0 Å². The molecule has 0 heterocycles. The van der Waals surface area contributed by atoms with Gasteiger partial charge in [-0.05, 0) is 38.4 Å². The van der Waals surface area contributed by atoms with Gasteiger partial charge in [-0.3, -0.25) is 0 Å². The number of rotatable bonds is 7. The highest BCUT2D eigenvalue weighted by Gasteiger charge is 2.18. The van der Waals surface area contributed by atoms with E-state index in [2.05, 4.69) is 31.0 Å². The molecule has 1 rings (SSSR count). The third-order valence-corrected chi connectivity index (χ3v) is 3.28. The fourth-order valence-electron chi connectivity index (χ4n) is 2.48. The topological polar surface area (TPSA) is 15.3 Å². The van der Waals surface area contributed by atoms with Gasteiger partial charge in [0.25, 0.3) is 0 Å². The summed E-state index contributed by atoms with van der Waals surface area (Å²) in [7, 11) is 0. The lowest BCUT2D eigenvalue weighted by atomic mass is 10.0. The van der Waals surface area contributed by atoms with Crippen LogP contribution in [0, 0.1) is 11.7 Å². The minimum atomic E-state index is -0.117. The van der Waals surface area contributed by atoms with Crippen LogP contribution in [0.5, 0.6) is 0 Å². The molecule has 0 bridgehead atoms. The second-order valence-corrected chi connectivity index (χ2v) is 5.38. The molecular formula is C16H27FN2. The molecular weight excluding hydrogens is 239 g/mol. The van der Waals surface area contributed by atoms with E-state index >= 15 is 0 Å². The second-order valence-electron chi connectivity index (χ2n) is 5.38. The average molecular weight is 266 g/mol. The third-order valence-electron chi connectivity index (χ3n) is 3.28. The Morgan fingerprint density at radius 3 is 2.42 bits per heavy atom. The largest absolute Gasteiger partial charge is 0.371 e. The first-order valence-corrected chi connectivity index (χ1v) is 7.27. The number of nitrogens with one attached hydrogen (secondary N) is 1. The van der Waals surface area contributed by atoms with Crippen LogP contribution >= 0.6 is 0 Å². The van der Waals surface area contributed by atoms with E-state index in [9.17, 15) is 4.39 Å². The number of nitrogens with zero attached hydrogens (tertiary/aromatic N) is 1. The van der Waals surface area contributed by atoms with Crippen molar-refractivity contribution in [2.75, 3.05) is 24.5 Å². The smallest absolute Gasteiger partial charge is 0.130 e. The first-order chi connectivity index (χ1) is 9.01. The van der Waals surface area contributed by atoms with E-state index in [1.54, 1.807) is 12.1 Å². The van der Waals surface area contributed by atoms with Gasteiger partial charge in [-0.15, -0.1) is 0 Å². The molecule has 0 aromatic heterocycles. The van der Waals surface area contributed by atoms with Crippen molar-refractivity contribution >= 4 is 5.69 Å². The third kappa shape index (κ3) is 4.20. The fraction of sp³-hybridized carbons (Fsp3) is 0.625. The van der Waals surface area contributed by atoms with Gasteiger partial charge < -0.3 is 10.2 Å². The molecule has 0 spiro atoms. The molecule has 2 nitrogen and oxygen atoms in total. The number of benzene rings is 1. The molecule has 1 unspecified atom stereocenters. The Kier molecular flexibility index (Phi) is 6.29. The van der Waals surface area contributed by atoms with E-state index in [-0.39, 0.29) is 11.9 Å². The molecule has 0 aliphatic carbocycles. The highest BCUT2D eigenvalue weighted by molar-refractivity contribution is 5.55. The quantitative estimate of drug-likeness (QED) is 0.803. The Hall–Kier alpha value is -1.09. The summed E-state index contributed by atoms with van der Waals surface area (Å²) in [5.74, 6) is 0.443. The van der Waals surface area contributed by atoms with E-state index in [0.717, 1.165) is 30.9 Å². The Balaban J connectivity index is 3.14. The summed E-state index contributed by atoms with van der Waals surface area (Å²) in [6.07, 6.45) is 0. The zero-order valence-corrected chi connectivity index (χ0v) is 12.8. The molecule has 3 heteroatoms. The van der Waals surface area contributed by atoms with Crippen molar-refractivity contribution in [3.63, 3.8) is 0 Å². The lowest BCUT2D eigenvalue weighted by Gasteiger charge is -2.29. The predicted molar refractivity (Wildman–Crippen MR) is 81.2 cm³/mol. The van der Waals surface area contributed by atoms with Gasteiger partial charge in [0, 0.05) is 30.4 Å². The van der Waals surface area contributed by atoms with Crippen LogP contribution in [-0.2, 0) is 0 Å². The SMILES string of the molecule is CCNC(C)c1c(F)cccc1N(CC)CC(C)C. The summed E-state index contributed by atoms with van der Waals surface area (Å²) >= 11 is 0. The normalized spacial score (nSPS) is 12.8. The molecule has 0 saturated carbocycles. The highest BCUT2D eigenvalue weighted by atomic mass is 19.1. The van der Waals surface area contributed by atoms with Crippen molar-refractivity contribution in [3.05, 3.63) is 29.6 Å². The van der Waals surface area contributed by atoms with Gasteiger partial charge in [-0.1, -0.05) is 26.8 Å². The molecule has 1 aromatic rings.